The van der Waals surface area contributed by atoms with Gasteiger partial charge in [-0.05, 0) is 12.8 Å². The molecule has 0 saturated heterocycles. The van der Waals surface area contributed by atoms with E-state index in [4.69, 9.17) is 25.8 Å². The van der Waals surface area contributed by atoms with Crippen LogP contribution in [0.5, 0.6) is 17.2 Å². The van der Waals surface area contributed by atoms with Crippen LogP contribution in [0.2, 0.25) is 0 Å². The fraction of sp³-hybridized carbons (Fsp3) is 0.500. The maximum Gasteiger partial charge on any atom is 0.353 e. The maximum absolute atomic E-state index is 12.4. The van der Waals surface area contributed by atoms with Crippen LogP contribution in [-0.2, 0) is 0 Å². The number of unbranched alkanes of at least 4 members (excludes halogenated alkanes) is 1. The van der Waals surface area contributed by atoms with E-state index in [0.29, 0.717) is 18.7 Å². The molecule has 0 fully saturated rings. The zero-order valence-corrected chi connectivity index (χ0v) is 13.4. The van der Waals surface area contributed by atoms with Crippen molar-refractivity contribution in [3.05, 3.63) is 21.7 Å². The summed E-state index contributed by atoms with van der Waals surface area (Å²) in [6.07, 6.45) is 1.45. The third-order valence-corrected chi connectivity index (χ3v) is 3.34. The lowest BCUT2D eigenvalue weighted by molar-refractivity contribution is -0.386. The number of methoxy groups -OCH3 is 3. The quantitative estimate of drug-likeness (QED) is 0.227. The fourth-order valence-electron chi connectivity index (χ4n) is 2.06. The number of hydrogen-bond donors (Lipinski definition) is 0. The van der Waals surface area contributed by atoms with Crippen molar-refractivity contribution in [3.8, 4) is 17.2 Å². The Labute approximate surface area is 133 Å². The summed E-state index contributed by atoms with van der Waals surface area (Å²) in [4.78, 5) is 23.0. The molecule has 122 valence electrons. The normalized spacial score (nSPS) is 10.2. The van der Waals surface area contributed by atoms with E-state index in [2.05, 4.69) is 0 Å². The molecule has 0 amide bonds. The van der Waals surface area contributed by atoms with Crippen LogP contribution in [-0.4, -0.2) is 37.9 Å². The van der Waals surface area contributed by atoms with E-state index in [1.807, 2.05) is 0 Å². The van der Waals surface area contributed by atoms with Crippen LogP contribution in [0, 0.1) is 10.1 Å². The standard InChI is InChI=1S/C14H18ClNO6/c1-20-10-8-11(21-2)13(16(18)19)14(22-3)12(10)9(17)6-4-5-7-15/h8H,4-7H2,1-3H3. The summed E-state index contributed by atoms with van der Waals surface area (Å²) < 4.78 is 15.3. The smallest absolute Gasteiger partial charge is 0.353 e. The van der Waals surface area contributed by atoms with Gasteiger partial charge in [0, 0.05) is 18.4 Å². The second-order valence-electron chi connectivity index (χ2n) is 4.36. The van der Waals surface area contributed by atoms with Gasteiger partial charge in [-0.1, -0.05) is 0 Å². The molecule has 0 saturated carbocycles. The Bertz CT molecular complexity index is 561. The zero-order valence-electron chi connectivity index (χ0n) is 12.7. The summed E-state index contributed by atoms with van der Waals surface area (Å²) in [7, 11) is 3.93. The molecule has 0 atom stereocenters. The van der Waals surface area contributed by atoms with E-state index in [9.17, 15) is 14.9 Å². The number of Topliss-reactive ketones (excluding diaryl/α,β-unsaturated/α-hetero) is 1. The van der Waals surface area contributed by atoms with Crippen molar-refractivity contribution in [2.24, 2.45) is 0 Å². The van der Waals surface area contributed by atoms with Gasteiger partial charge in [0.15, 0.2) is 5.78 Å². The van der Waals surface area contributed by atoms with E-state index >= 15 is 0 Å². The van der Waals surface area contributed by atoms with Gasteiger partial charge >= 0.3 is 5.69 Å². The molecule has 1 rings (SSSR count). The Morgan fingerprint density at radius 2 is 1.82 bits per heavy atom. The molecule has 0 aliphatic rings. The number of carbonyl (C=O) groups is 1. The Morgan fingerprint density at radius 3 is 2.27 bits per heavy atom. The highest BCUT2D eigenvalue weighted by molar-refractivity contribution is 6.17. The minimum atomic E-state index is -0.646. The highest BCUT2D eigenvalue weighted by atomic mass is 35.5. The molecule has 0 heterocycles. The summed E-state index contributed by atoms with van der Waals surface area (Å²) >= 11 is 5.59. The first-order chi connectivity index (χ1) is 10.5. The lowest BCUT2D eigenvalue weighted by atomic mass is 10.0. The van der Waals surface area contributed by atoms with Crippen molar-refractivity contribution in [1.29, 1.82) is 0 Å². The van der Waals surface area contributed by atoms with Crippen LogP contribution in [0.4, 0.5) is 5.69 Å². The van der Waals surface area contributed by atoms with Crippen LogP contribution < -0.4 is 14.2 Å². The average Bonchev–Trinajstić information content (AvgIpc) is 2.52. The van der Waals surface area contributed by atoms with E-state index in [1.54, 1.807) is 0 Å². The van der Waals surface area contributed by atoms with Crippen molar-refractivity contribution >= 4 is 23.1 Å². The van der Waals surface area contributed by atoms with Gasteiger partial charge in [-0.3, -0.25) is 14.9 Å². The molecule has 0 bridgehead atoms. The third kappa shape index (κ3) is 3.79. The first-order valence-electron chi connectivity index (χ1n) is 6.58. The van der Waals surface area contributed by atoms with Crippen LogP contribution in [0.1, 0.15) is 29.6 Å². The summed E-state index contributed by atoms with van der Waals surface area (Å²) in [5.41, 5.74) is -0.349. The molecule has 7 nitrogen and oxygen atoms in total. The topological polar surface area (TPSA) is 87.9 Å². The van der Waals surface area contributed by atoms with Crippen molar-refractivity contribution in [3.63, 3.8) is 0 Å². The molecule has 1 aromatic rings. The van der Waals surface area contributed by atoms with E-state index in [1.165, 1.54) is 27.4 Å². The van der Waals surface area contributed by atoms with Gasteiger partial charge in [0.1, 0.15) is 11.3 Å². The Morgan fingerprint density at radius 1 is 1.18 bits per heavy atom. The van der Waals surface area contributed by atoms with Gasteiger partial charge in [-0.15, -0.1) is 11.6 Å². The van der Waals surface area contributed by atoms with Gasteiger partial charge in [-0.2, -0.15) is 0 Å². The van der Waals surface area contributed by atoms with Crippen molar-refractivity contribution in [2.75, 3.05) is 27.2 Å². The number of nitro benzene ring substituents is 1. The molecule has 0 spiro atoms. The average molecular weight is 332 g/mol. The highest BCUT2D eigenvalue weighted by Crippen LogP contribution is 2.45. The molecule has 8 heteroatoms. The SMILES string of the molecule is COc1cc(OC)c([N+](=O)[O-])c(OC)c1C(=O)CCCCCl. The first kappa shape index (κ1) is 18.0. The molecule has 22 heavy (non-hydrogen) atoms. The molecule has 0 aromatic heterocycles. The molecule has 0 unspecified atom stereocenters. The minimum Gasteiger partial charge on any atom is -0.496 e. The second kappa shape index (κ2) is 8.43. The number of ketones is 1. The first-order valence-corrected chi connectivity index (χ1v) is 7.11. The summed E-state index contributed by atoms with van der Waals surface area (Å²) in [6, 6.07) is 1.31. The van der Waals surface area contributed by atoms with Crippen LogP contribution in [0.25, 0.3) is 0 Å². The molecule has 1 aromatic carbocycles. The number of rotatable bonds is 9. The Balaban J connectivity index is 3.43. The Hall–Kier alpha value is -2.02. The van der Waals surface area contributed by atoms with Gasteiger partial charge < -0.3 is 14.2 Å². The summed E-state index contributed by atoms with van der Waals surface area (Å²) in [5.74, 6) is 0.137. The van der Waals surface area contributed by atoms with E-state index in [0.717, 1.165) is 0 Å². The maximum atomic E-state index is 12.4. The lowest BCUT2D eigenvalue weighted by Gasteiger charge is -2.14. The number of hydrogen-bond acceptors (Lipinski definition) is 6. The largest absolute Gasteiger partial charge is 0.496 e. The molecule has 0 aliphatic heterocycles. The van der Waals surface area contributed by atoms with Gasteiger partial charge in [0.25, 0.3) is 0 Å². The molecular formula is C14H18ClNO6. The van der Waals surface area contributed by atoms with Crippen LogP contribution >= 0.6 is 11.6 Å². The molecule has 0 aliphatic carbocycles. The zero-order chi connectivity index (χ0) is 16.7. The van der Waals surface area contributed by atoms with Crippen LogP contribution in [0.3, 0.4) is 0 Å². The number of alkyl halides is 1. The number of benzene rings is 1. The minimum absolute atomic E-state index is 0.0315. The van der Waals surface area contributed by atoms with Gasteiger partial charge in [0.05, 0.1) is 26.3 Å². The van der Waals surface area contributed by atoms with Gasteiger partial charge in [0.2, 0.25) is 11.5 Å². The lowest BCUT2D eigenvalue weighted by Crippen LogP contribution is -2.08. The van der Waals surface area contributed by atoms with E-state index in [-0.39, 0.29) is 35.0 Å². The van der Waals surface area contributed by atoms with Gasteiger partial charge in [-0.25, -0.2) is 0 Å². The monoisotopic (exact) mass is 331 g/mol. The van der Waals surface area contributed by atoms with Crippen LogP contribution in [0.15, 0.2) is 6.07 Å². The third-order valence-electron chi connectivity index (χ3n) is 3.08. The number of halogens is 1. The fourth-order valence-corrected chi connectivity index (χ4v) is 2.25. The summed E-state index contributed by atoms with van der Waals surface area (Å²) in [5, 5.41) is 11.3. The predicted octanol–water partition coefficient (Wildman–Crippen LogP) is 3.21. The van der Waals surface area contributed by atoms with Crippen molar-refractivity contribution in [2.45, 2.75) is 19.3 Å². The highest BCUT2D eigenvalue weighted by Gasteiger charge is 2.31. The molecule has 0 radical (unpaired) electrons. The number of nitro groups is 1. The number of nitrogens with zero attached hydrogens (tertiary/aromatic N) is 1. The second-order valence-corrected chi connectivity index (χ2v) is 4.74. The van der Waals surface area contributed by atoms with Crippen molar-refractivity contribution in [1.82, 2.24) is 0 Å². The number of carbonyl (C=O) groups excluding carboxylic acids is 1. The number of ether oxygens (including phenoxy) is 3. The predicted molar refractivity (Wildman–Crippen MR) is 81.7 cm³/mol. The van der Waals surface area contributed by atoms with Crippen molar-refractivity contribution < 1.29 is 23.9 Å². The molecule has 0 N–H and O–H groups in total. The Kier molecular flexibility index (Phi) is 6.91. The summed E-state index contributed by atoms with van der Waals surface area (Å²) in [6.45, 7) is 0. The molecular weight excluding hydrogens is 314 g/mol. The van der Waals surface area contributed by atoms with E-state index < -0.39 is 10.6 Å².